The summed E-state index contributed by atoms with van der Waals surface area (Å²) in [6.07, 6.45) is 2.20. The minimum absolute atomic E-state index is 0.000520. The molecule has 4 rings (SSSR count). The molecule has 0 aliphatic carbocycles. The third-order valence-corrected chi connectivity index (χ3v) is 6.99. The number of carbonyl (C=O) groups is 1. The second-order valence-corrected chi connectivity index (χ2v) is 10.4. The fourth-order valence-corrected chi connectivity index (χ4v) is 4.95. The maximum atomic E-state index is 13.9. The number of amides is 1. The third kappa shape index (κ3) is 5.97. The van der Waals surface area contributed by atoms with Crippen LogP contribution in [0.15, 0.2) is 82.0 Å². The number of nitrogens with zero attached hydrogens (tertiary/aromatic N) is 1. The van der Waals surface area contributed by atoms with Gasteiger partial charge in [0.1, 0.15) is 11.3 Å². The van der Waals surface area contributed by atoms with Gasteiger partial charge in [-0.1, -0.05) is 86.8 Å². The molecule has 0 aliphatic rings. The van der Waals surface area contributed by atoms with Crippen molar-refractivity contribution in [1.29, 1.82) is 0 Å². The monoisotopic (exact) mass is 515 g/mol. The predicted octanol–water partition coefficient (Wildman–Crippen LogP) is 7.99. The molecule has 1 unspecified atom stereocenters. The largest absolute Gasteiger partial charge is 0.458 e. The van der Waals surface area contributed by atoms with Crippen LogP contribution in [0, 0.1) is 12.8 Å². The van der Waals surface area contributed by atoms with Gasteiger partial charge in [0, 0.05) is 35.2 Å². The molecule has 3 aromatic carbocycles. The quantitative estimate of drug-likeness (QED) is 0.227. The Morgan fingerprint density at radius 1 is 1.00 bits per heavy atom. The molecule has 37 heavy (non-hydrogen) atoms. The van der Waals surface area contributed by atoms with Crippen LogP contribution in [-0.2, 0) is 6.42 Å². The molecule has 0 saturated heterocycles. The highest BCUT2D eigenvalue weighted by Crippen LogP contribution is 2.35. The van der Waals surface area contributed by atoms with Crippen LogP contribution in [-0.4, -0.2) is 17.4 Å². The first-order valence-corrected chi connectivity index (χ1v) is 13.3. The lowest BCUT2D eigenvalue weighted by molar-refractivity contribution is 0.0585. The van der Waals surface area contributed by atoms with Crippen LogP contribution in [0.3, 0.4) is 0 Å². The van der Waals surface area contributed by atoms with E-state index in [4.69, 9.17) is 16.0 Å². The highest BCUT2D eigenvalue weighted by atomic mass is 35.5. The van der Waals surface area contributed by atoms with Gasteiger partial charge in [-0.15, -0.1) is 0 Å². The van der Waals surface area contributed by atoms with E-state index in [0.717, 1.165) is 24.0 Å². The molecule has 1 atom stereocenters. The summed E-state index contributed by atoms with van der Waals surface area (Å²) in [5.41, 5.74) is 3.67. The molecule has 192 valence electrons. The predicted molar refractivity (Wildman–Crippen MR) is 151 cm³/mol. The molecule has 0 radical (unpaired) electrons. The zero-order chi connectivity index (χ0) is 26.5. The van der Waals surface area contributed by atoms with E-state index in [9.17, 15) is 9.59 Å². The summed E-state index contributed by atoms with van der Waals surface area (Å²) >= 11 is 6.28. The summed E-state index contributed by atoms with van der Waals surface area (Å²) in [6.45, 7) is 8.82. The molecule has 0 aliphatic heterocycles. The summed E-state index contributed by atoms with van der Waals surface area (Å²) < 4.78 is 6.54. The fourth-order valence-electron chi connectivity index (χ4n) is 4.79. The first-order valence-electron chi connectivity index (χ1n) is 13.0. The normalized spacial score (nSPS) is 12.2. The Kier molecular flexibility index (Phi) is 8.50. The zero-order valence-electron chi connectivity index (χ0n) is 22.0. The Balaban J connectivity index is 1.93. The first-order chi connectivity index (χ1) is 17.8. The van der Waals surface area contributed by atoms with Crippen molar-refractivity contribution in [1.82, 2.24) is 4.90 Å². The number of hydrogen-bond donors (Lipinski definition) is 0. The summed E-state index contributed by atoms with van der Waals surface area (Å²) in [6, 6.07) is 22.2. The minimum Gasteiger partial charge on any atom is -0.458 e. The van der Waals surface area contributed by atoms with E-state index in [1.54, 1.807) is 18.2 Å². The fraction of sp³-hybridized carbons (Fsp3) is 0.312. The first kappa shape index (κ1) is 26.7. The van der Waals surface area contributed by atoms with Crippen molar-refractivity contribution in [2.75, 3.05) is 6.54 Å². The number of benzene rings is 3. The number of unbranched alkanes of at least 4 members (excludes halogenated alkanes) is 1. The summed E-state index contributed by atoms with van der Waals surface area (Å²) in [5, 5.41) is 0.989. The Bertz CT molecular complexity index is 1420. The van der Waals surface area contributed by atoms with Gasteiger partial charge < -0.3 is 9.32 Å². The smallest absolute Gasteiger partial charge is 0.254 e. The Morgan fingerprint density at radius 3 is 2.35 bits per heavy atom. The molecule has 0 bridgehead atoms. The van der Waals surface area contributed by atoms with Gasteiger partial charge in [0.05, 0.1) is 11.4 Å². The van der Waals surface area contributed by atoms with Crippen LogP contribution < -0.4 is 5.43 Å². The molecule has 0 saturated carbocycles. The number of fused-ring (bicyclic) bond motifs is 1. The summed E-state index contributed by atoms with van der Waals surface area (Å²) in [5.74, 6) is 0.474. The van der Waals surface area contributed by atoms with E-state index in [2.05, 4.69) is 20.8 Å². The molecule has 0 spiro atoms. The van der Waals surface area contributed by atoms with Gasteiger partial charge >= 0.3 is 0 Å². The van der Waals surface area contributed by atoms with E-state index >= 15 is 0 Å². The second-order valence-electron chi connectivity index (χ2n) is 9.98. The van der Waals surface area contributed by atoms with Crippen molar-refractivity contribution < 1.29 is 9.21 Å². The molecular formula is C32H34ClNO3. The summed E-state index contributed by atoms with van der Waals surface area (Å²) in [4.78, 5) is 29.7. The van der Waals surface area contributed by atoms with Gasteiger partial charge in [-0.3, -0.25) is 9.59 Å². The Labute approximate surface area is 223 Å². The lowest BCUT2D eigenvalue weighted by Gasteiger charge is -2.35. The van der Waals surface area contributed by atoms with Crippen LogP contribution in [0.5, 0.6) is 0 Å². The number of halogens is 1. The van der Waals surface area contributed by atoms with Crippen LogP contribution in [0.25, 0.3) is 11.0 Å². The van der Waals surface area contributed by atoms with Gasteiger partial charge in [0.15, 0.2) is 5.43 Å². The average molecular weight is 516 g/mol. The number of aryl methyl sites for hydroxylation is 1. The van der Waals surface area contributed by atoms with Crippen molar-refractivity contribution >= 4 is 28.5 Å². The van der Waals surface area contributed by atoms with E-state index in [0.29, 0.717) is 45.8 Å². The topological polar surface area (TPSA) is 50.5 Å². The Hall–Kier alpha value is -3.37. The number of hydrogen-bond acceptors (Lipinski definition) is 3. The molecule has 1 aromatic heterocycles. The lowest BCUT2D eigenvalue weighted by Crippen LogP contribution is -2.39. The van der Waals surface area contributed by atoms with Crippen molar-refractivity contribution in [3.8, 4) is 0 Å². The minimum atomic E-state index is -0.421. The van der Waals surface area contributed by atoms with E-state index < -0.39 is 6.04 Å². The molecular weight excluding hydrogens is 482 g/mol. The molecule has 0 N–H and O–H groups in total. The number of rotatable bonds is 9. The maximum Gasteiger partial charge on any atom is 0.254 e. The van der Waals surface area contributed by atoms with Gasteiger partial charge in [0.25, 0.3) is 5.91 Å². The molecule has 4 aromatic rings. The highest BCUT2D eigenvalue weighted by molar-refractivity contribution is 6.31. The molecule has 4 nitrogen and oxygen atoms in total. The summed E-state index contributed by atoms with van der Waals surface area (Å²) in [7, 11) is 0. The van der Waals surface area contributed by atoms with Crippen LogP contribution >= 0.6 is 11.6 Å². The van der Waals surface area contributed by atoms with Gasteiger partial charge in [-0.05, 0) is 49.1 Å². The van der Waals surface area contributed by atoms with Crippen LogP contribution in [0.2, 0.25) is 5.02 Å². The molecule has 5 heteroatoms. The lowest BCUT2D eigenvalue weighted by atomic mass is 9.91. The highest BCUT2D eigenvalue weighted by Gasteiger charge is 2.33. The SMILES string of the molecule is CCCCN(C(=O)c1ccc(C)cc1)C(c1oc2cc(Cl)ccc2c(=O)c1Cc1ccccc1)C(C)C. The molecule has 1 amide bonds. The standard InChI is InChI=1S/C32H34ClNO3/c1-5-6-18-34(32(36)24-14-12-22(4)13-15-24)29(21(2)3)31-27(19-23-10-8-7-9-11-23)30(35)26-17-16-25(33)20-28(26)37-31/h7-17,20-21,29H,5-6,18-19H2,1-4H3. The number of carbonyl (C=O) groups excluding carboxylic acids is 1. The van der Waals surface area contributed by atoms with Gasteiger partial charge in [-0.25, -0.2) is 0 Å². The Morgan fingerprint density at radius 2 is 1.70 bits per heavy atom. The van der Waals surface area contributed by atoms with Gasteiger partial charge in [-0.2, -0.15) is 0 Å². The van der Waals surface area contributed by atoms with E-state index in [1.807, 2.05) is 66.4 Å². The van der Waals surface area contributed by atoms with E-state index in [-0.39, 0.29) is 17.3 Å². The van der Waals surface area contributed by atoms with Crippen LogP contribution in [0.1, 0.15) is 72.5 Å². The van der Waals surface area contributed by atoms with Crippen molar-refractivity contribution in [2.45, 2.75) is 53.0 Å². The maximum absolute atomic E-state index is 13.9. The van der Waals surface area contributed by atoms with Gasteiger partial charge in [0.2, 0.25) is 0 Å². The zero-order valence-corrected chi connectivity index (χ0v) is 22.7. The third-order valence-electron chi connectivity index (χ3n) is 6.75. The average Bonchev–Trinajstić information content (AvgIpc) is 2.88. The van der Waals surface area contributed by atoms with Crippen molar-refractivity contribution in [3.05, 3.63) is 116 Å². The van der Waals surface area contributed by atoms with Crippen LogP contribution in [0.4, 0.5) is 0 Å². The molecule has 0 fully saturated rings. The van der Waals surface area contributed by atoms with E-state index in [1.165, 1.54) is 0 Å². The second kappa shape index (κ2) is 11.8. The van der Waals surface area contributed by atoms with Crippen molar-refractivity contribution in [2.24, 2.45) is 5.92 Å². The van der Waals surface area contributed by atoms with Crippen molar-refractivity contribution in [3.63, 3.8) is 0 Å². The molecule has 1 heterocycles.